The van der Waals surface area contributed by atoms with Gasteiger partial charge >= 0.3 is 5.69 Å². The fraction of sp³-hybridized carbons (Fsp3) is 0.235. The van der Waals surface area contributed by atoms with Crippen molar-refractivity contribution < 1.29 is 19.4 Å². The van der Waals surface area contributed by atoms with Crippen LogP contribution in [-0.2, 0) is 4.79 Å². The van der Waals surface area contributed by atoms with Crippen LogP contribution in [0.1, 0.15) is 25.5 Å². The van der Waals surface area contributed by atoms with Gasteiger partial charge in [0.25, 0.3) is 5.91 Å². The Bertz CT molecular complexity index is 783. The lowest BCUT2D eigenvalue weighted by molar-refractivity contribution is -0.709. The van der Waals surface area contributed by atoms with Gasteiger partial charge in [0.05, 0.1) is 4.92 Å². The van der Waals surface area contributed by atoms with Crippen LogP contribution in [0, 0.1) is 15.9 Å². The van der Waals surface area contributed by atoms with E-state index in [2.05, 4.69) is 5.32 Å². The van der Waals surface area contributed by atoms with E-state index in [0.29, 0.717) is 5.02 Å². The van der Waals surface area contributed by atoms with Crippen LogP contribution in [0.2, 0.25) is 5.02 Å². The van der Waals surface area contributed by atoms with Crippen LogP contribution in [0.15, 0.2) is 42.5 Å². The van der Waals surface area contributed by atoms with E-state index in [1.807, 2.05) is 24.4 Å². The van der Waals surface area contributed by atoms with Crippen LogP contribution >= 0.6 is 11.6 Å². The minimum Gasteiger partial charge on any atom is -0.330 e. The lowest BCUT2D eigenvalue weighted by atomic mass is 10.1. The highest BCUT2D eigenvalue weighted by Crippen LogP contribution is 2.21. The molecule has 0 spiro atoms. The van der Waals surface area contributed by atoms with Gasteiger partial charge in [0.15, 0.2) is 6.04 Å². The number of nitro groups is 1. The number of nitrogens with one attached hydrogen (secondary N) is 1. The number of carbonyl (C=O) groups excluding carboxylic acids is 1. The van der Waals surface area contributed by atoms with Crippen molar-refractivity contribution in [3.8, 4) is 0 Å². The molecule has 132 valence electrons. The Kier molecular flexibility index (Phi) is 6.06. The van der Waals surface area contributed by atoms with Crippen molar-refractivity contribution in [2.75, 3.05) is 5.32 Å². The predicted molar refractivity (Wildman–Crippen MR) is 92.9 cm³/mol. The van der Waals surface area contributed by atoms with Gasteiger partial charge in [-0.3, -0.25) is 14.9 Å². The molecule has 0 saturated carbocycles. The van der Waals surface area contributed by atoms with Gasteiger partial charge in [-0.05, 0) is 38.1 Å². The van der Waals surface area contributed by atoms with Crippen LogP contribution in [-0.4, -0.2) is 16.9 Å². The number of quaternary nitrogens is 1. The molecule has 6 nitrogen and oxygen atoms in total. The lowest BCUT2D eigenvalue weighted by Gasteiger charge is -2.17. The number of anilines is 1. The molecule has 0 unspecified atom stereocenters. The van der Waals surface area contributed by atoms with Gasteiger partial charge in [-0.1, -0.05) is 23.7 Å². The minimum atomic E-state index is -0.945. The molecular weight excluding hydrogens is 349 g/mol. The molecule has 2 aromatic carbocycles. The molecule has 0 aliphatic carbocycles. The molecule has 1 amide bonds. The first kappa shape index (κ1) is 18.8. The summed E-state index contributed by atoms with van der Waals surface area (Å²) in [6, 6.07) is 10.1. The van der Waals surface area contributed by atoms with E-state index in [1.165, 1.54) is 6.07 Å². The molecule has 0 heterocycles. The molecule has 0 fully saturated rings. The largest absolute Gasteiger partial charge is 0.330 e. The Morgan fingerprint density at radius 1 is 1.24 bits per heavy atom. The number of nitro benzene ring substituents is 1. The maximum atomic E-state index is 13.3. The monoisotopic (exact) mass is 366 g/mol. The Morgan fingerprint density at radius 2 is 1.88 bits per heavy atom. The zero-order chi connectivity index (χ0) is 18.6. The van der Waals surface area contributed by atoms with Crippen molar-refractivity contribution in [2.24, 2.45) is 0 Å². The molecule has 0 aliphatic heterocycles. The third kappa shape index (κ3) is 4.98. The maximum absolute atomic E-state index is 13.3. The molecule has 3 N–H and O–H groups in total. The maximum Gasteiger partial charge on any atom is 0.306 e. The number of hydrogen-bond donors (Lipinski definition) is 2. The van der Waals surface area contributed by atoms with Crippen LogP contribution in [0.4, 0.5) is 15.8 Å². The Balaban J connectivity index is 2.01. The van der Waals surface area contributed by atoms with E-state index in [-0.39, 0.29) is 17.6 Å². The number of rotatable bonds is 6. The summed E-state index contributed by atoms with van der Waals surface area (Å²) in [5.41, 5.74) is 0.517. The Morgan fingerprint density at radius 3 is 2.48 bits per heavy atom. The summed E-state index contributed by atoms with van der Waals surface area (Å²) in [5, 5.41) is 15.8. The van der Waals surface area contributed by atoms with Crippen molar-refractivity contribution in [2.45, 2.75) is 25.9 Å². The number of nitrogens with zero attached hydrogens (tertiary/aromatic N) is 1. The van der Waals surface area contributed by atoms with Crippen LogP contribution < -0.4 is 10.6 Å². The lowest BCUT2D eigenvalue weighted by Crippen LogP contribution is -2.91. The zero-order valence-corrected chi connectivity index (χ0v) is 14.5. The second-order valence-electron chi connectivity index (χ2n) is 5.73. The molecule has 0 bridgehead atoms. The normalized spacial score (nSPS) is 13.1. The van der Waals surface area contributed by atoms with Crippen molar-refractivity contribution >= 4 is 28.9 Å². The highest BCUT2D eigenvalue weighted by atomic mass is 35.5. The average molecular weight is 367 g/mol. The molecule has 0 aliphatic rings. The van der Waals surface area contributed by atoms with Gasteiger partial charge in [0.1, 0.15) is 6.04 Å². The molecule has 0 saturated heterocycles. The van der Waals surface area contributed by atoms with E-state index < -0.39 is 22.5 Å². The molecule has 2 rings (SSSR count). The van der Waals surface area contributed by atoms with Crippen LogP contribution in [0.3, 0.4) is 0 Å². The van der Waals surface area contributed by atoms with Gasteiger partial charge in [-0.25, -0.2) is 0 Å². The highest BCUT2D eigenvalue weighted by Gasteiger charge is 2.22. The van der Waals surface area contributed by atoms with Crippen molar-refractivity contribution in [1.82, 2.24) is 0 Å². The first-order valence-corrected chi connectivity index (χ1v) is 8.01. The SMILES string of the molecule is C[C@@H]([NH2+][C@H](C)c1ccc(Cl)cc1)C(=O)Nc1ccc(F)c([N+](=O)[O-])c1. The van der Waals surface area contributed by atoms with E-state index in [1.54, 1.807) is 19.1 Å². The number of carbonyl (C=O) groups is 1. The molecule has 2 aromatic rings. The molecule has 0 aromatic heterocycles. The summed E-state index contributed by atoms with van der Waals surface area (Å²) >= 11 is 5.86. The van der Waals surface area contributed by atoms with Crippen molar-refractivity contribution in [3.05, 3.63) is 69.0 Å². The summed E-state index contributed by atoms with van der Waals surface area (Å²) in [4.78, 5) is 22.2. The summed E-state index contributed by atoms with van der Waals surface area (Å²) < 4.78 is 13.3. The fourth-order valence-electron chi connectivity index (χ4n) is 2.38. The number of amides is 1. The predicted octanol–water partition coefficient (Wildman–Crippen LogP) is 3.04. The number of hydrogen-bond acceptors (Lipinski definition) is 3. The van der Waals surface area contributed by atoms with Gasteiger partial charge in [0.2, 0.25) is 5.82 Å². The van der Waals surface area contributed by atoms with Crippen molar-refractivity contribution in [1.29, 1.82) is 0 Å². The summed E-state index contributed by atoms with van der Waals surface area (Å²) in [7, 11) is 0. The molecule has 25 heavy (non-hydrogen) atoms. The first-order valence-electron chi connectivity index (χ1n) is 7.63. The van der Waals surface area contributed by atoms with E-state index in [0.717, 1.165) is 17.7 Å². The van der Waals surface area contributed by atoms with Gasteiger partial charge in [-0.2, -0.15) is 4.39 Å². The van der Waals surface area contributed by atoms with E-state index in [9.17, 15) is 19.3 Å². The summed E-state index contributed by atoms with van der Waals surface area (Å²) in [6.07, 6.45) is 0. The third-order valence-corrected chi connectivity index (χ3v) is 4.05. The highest BCUT2D eigenvalue weighted by molar-refractivity contribution is 6.30. The number of nitrogens with two attached hydrogens (primary N) is 1. The van der Waals surface area contributed by atoms with Crippen LogP contribution in [0.25, 0.3) is 0 Å². The molecule has 0 radical (unpaired) electrons. The average Bonchev–Trinajstić information content (AvgIpc) is 2.56. The third-order valence-electron chi connectivity index (χ3n) is 3.80. The second-order valence-corrected chi connectivity index (χ2v) is 6.17. The molecule has 8 heteroatoms. The summed E-state index contributed by atoms with van der Waals surface area (Å²) in [5.74, 6) is -1.28. The van der Waals surface area contributed by atoms with Gasteiger partial charge in [0, 0.05) is 22.3 Å². The van der Waals surface area contributed by atoms with E-state index >= 15 is 0 Å². The van der Waals surface area contributed by atoms with E-state index in [4.69, 9.17) is 11.6 Å². The number of halogens is 2. The smallest absolute Gasteiger partial charge is 0.306 e. The second kappa shape index (κ2) is 8.04. The van der Waals surface area contributed by atoms with Gasteiger partial charge < -0.3 is 10.6 Å². The molecular formula is C17H18ClFN3O3+. The van der Waals surface area contributed by atoms with Crippen LogP contribution in [0.5, 0.6) is 0 Å². The number of benzene rings is 2. The Hall–Kier alpha value is -2.51. The topological polar surface area (TPSA) is 88.8 Å². The molecule has 2 atom stereocenters. The van der Waals surface area contributed by atoms with Gasteiger partial charge in [-0.15, -0.1) is 0 Å². The minimum absolute atomic E-state index is 0.0144. The zero-order valence-electron chi connectivity index (χ0n) is 13.7. The fourth-order valence-corrected chi connectivity index (χ4v) is 2.51. The standard InChI is InChI=1S/C17H17ClFN3O3/c1-10(12-3-5-13(18)6-4-12)20-11(2)17(23)21-14-7-8-15(19)16(9-14)22(24)25/h3-11,20H,1-2H3,(H,21,23)/p+1/t10-,11-/m1/s1. The van der Waals surface area contributed by atoms with Crippen molar-refractivity contribution in [3.63, 3.8) is 0 Å². The Labute approximate surface area is 149 Å². The quantitative estimate of drug-likeness (QED) is 0.608. The first-order chi connectivity index (χ1) is 11.8. The summed E-state index contributed by atoms with van der Waals surface area (Å²) in [6.45, 7) is 3.68.